The maximum absolute atomic E-state index is 5.73. The van der Waals surface area contributed by atoms with Crippen molar-refractivity contribution in [2.75, 3.05) is 26.4 Å². The summed E-state index contributed by atoms with van der Waals surface area (Å²) in [7, 11) is 0. The Bertz CT molecular complexity index is 385. The zero-order valence-corrected chi connectivity index (χ0v) is 14.2. The first-order valence-electron chi connectivity index (χ1n) is 7.93. The average Bonchev–Trinajstić information content (AvgIpc) is 2.73. The SMILES string of the molecule is Cc1oc(CNCC(C)C)cc1COCCOCC(C)C. The van der Waals surface area contributed by atoms with E-state index in [0.29, 0.717) is 31.7 Å². The summed E-state index contributed by atoms with van der Waals surface area (Å²) in [5, 5.41) is 3.38. The highest BCUT2D eigenvalue weighted by Crippen LogP contribution is 2.15. The fourth-order valence-corrected chi connectivity index (χ4v) is 1.92. The van der Waals surface area contributed by atoms with Crippen LogP contribution in [0.25, 0.3) is 0 Å². The van der Waals surface area contributed by atoms with Crippen LogP contribution in [-0.2, 0) is 22.6 Å². The lowest BCUT2D eigenvalue weighted by Crippen LogP contribution is -2.18. The molecule has 0 spiro atoms. The summed E-state index contributed by atoms with van der Waals surface area (Å²) >= 11 is 0. The van der Waals surface area contributed by atoms with E-state index in [2.05, 4.69) is 39.1 Å². The van der Waals surface area contributed by atoms with E-state index in [1.165, 1.54) is 0 Å². The minimum atomic E-state index is 0.571. The van der Waals surface area contributed by atoms with Gasteiger partial charge in [-0.25, -0.2) is 0 Å². The molecule has 0 atom stereocenters. The number of rotatable bonds is 11. The van der Waals surface area contributed by atoms with Crippen molar-refractivity contribution in [1.82, 2.24) is 5.32 Å². The molecule has 0 unspecified atom stereocenters. The van der Waals surface area contributed by atoms with Crippen molar-refractivity contribution in [2.24, 2.45) is 11.8 Å². The van der Waals surface area contributed by atoms with E-state index in [1.54, 1.807) is 0 Å². The Morgan fingerprint density at radius 3 is 2.48 bits per heavy atom. The van der Waals surface area contributed by atoms with Gasteiger partial charge in [-0.3, -0.25) is 0 Å². The van der Waals surface area contributed by atoms with E-state index < -0.39 is 0 Å². The largest absolute Gasteiger partial charge is 0.465 e. The van der Waals surface area contributed by atoms with Crippen molar-refractivity contribution in [3.63, 3.8) is 0 Å². The van der Waals surface area contributed by atoms with E-state index in [-0.39, 0.29) is 0 Å². The highest BCUT2D eigenvalue weighted by atomic mass is 16.5. The lowest BCUT2D eigenvalue weighted by molar-refractivity contribution is 0.0311. The second-order valence-corrected chi connectivity index (χ2v) is 6.34. The Labute approximate surface area is 129 Å². The van der Waals surface area contributed by atoms with E-state index in [4.69, 9.17) is 13.9 Å². The third-order valence-electron chi connectivity index (χ3n) is 3.00. The van der Waals surface area contributed by atoms with Crippen LogP contribution in [0.2, 0.25) is 0 Å². The van der Waals surface area contributed by atoms with Gasteiger partial charge in [-0.1, -0.05) is 27.7 Å². The molecule has 0 aliphatic rings. The van der Waals surface area contributed by atoms with E-state index >= 15 is 0 Å². The van der Waals surface area contributed by atoms with Crippen molar-refractivity contribution in [3.8, 4) is 0 Å². The lowest BCUT2D eigenvalue weighted by atomic mass is 10.2. The quantitative estimate of drug-likeness (QED) is 0.635. The van der Waals surface area contributed by atoms with Gasteiger partial charge in [0.25, 0.3) is 0 Å². The Balaban J connectivity index is 2.21. The molecule has 0 aliphatic heterocycles. The highest BCUT2D eigenvalue weighted by molar-refractivity contribution is 5.19. The van der Waals surface area contributed by atoms with E-state index in [0.717, 1.165) is 36.8 Å². The number of furan rings is 1. The minimum absolute atomic E-state index is 0.571. The van der Waals surface area contributed by atoms with Gasteiger partial charge in [-0.15, -0.1) is 0 Å². The van der Waals surface area contributed by atoms with E-state index in [9.17, 15) is 0 Å². The third kappa shape index (κ3) is 8.24. The summed E-state index contributed by atoms with van der Waals surface area (Å²) in [6.45, 7) is 15.1. The molecule has 1 N–H and O–H groups in total. The zero-order chi connectivity index (χ0) is 15.7. The monoisotopic (exact) mass is 297 g/mol. The van der Waals surface area contributed by atoms with Crippen molar-refractivity contribution < 1.29 is 13.9 Å². The molecule has 0 saturated heterocycles. The maximum Gasteiger partial charge on any atom is 0.118 e. The fraction of sp³-hybridized carbons (Fsp3) is 0.765. The molecular weight excluding hydrogens is 266 g/mol. The summed E-state index contributed by atoms with van der Waals surface area (Å²) < 4.78 is 16.9. The number of nitrogens with one attached hydrogen (secondary N) is 1. The first kappa shape index (κ1) is 18.2. The van der Waals surface area contributed by atoms with Gasteiger partial charge in [-0.05, 0) is 31.4 Å². The van der Waals surface area contributed by atoms with Crippen LogP contribution in [0.3, 0.4) is 0 Å². The first-order valence-corrected chi connectivity index (χ1v) is 7.93. The summed E-state index contributed by atoms with van der Waals surface area (Å²) in [6.07, 6.45) is 0. The Morgan fingerprint density at radius 1 is 1.10 bits per heavy atom. The molecule has 0 amide bonds. The predicted molar refractivity (Wildman–Crippen MR) is 85.3 cm³/mol. The molecule has 0 saturated carbocycles. The normalized spacial score (nSPS) is 11.8. The van der Waals surface area contributed by atoms with Crippen LogP contribution < -0.4 is 5.32 Å². The van der Waals surface area contributed by atoms with Crippen LogP contribution >= 0.6 is 0 Å². The van der Waals surface area contributed by atoms with Crippen LogP contribution in [-0.4, -0.2) is 26.4 Å². The second-order valence-electron chi connectivity index (χ2n) is 6.34. The van der Waals surface area contributed by atoms with Crippen LogP contribution in [0.15, 0.2) is 10.5 Å². The molecule has 1 aromatic rings. The van der Waals surface area contributed by atoms with Crippen molar-refractivity contribution >= 4 is 0 Å². The molecule has 21 heavy (non-hydrogen) atoms. The molecular formula is C17H31NO3. The number of aryl methyl sites for hydroxylation is 1. The second kappa shape index (κ2) is 9.98. The van der Waals surface area contributed by atoms with E-state index in [1.807, 2.05) is 6.92 Å². The average molecular weight is 297 g/mol. The summed E-state index contributed by atoms with van der Waals surface area (Å²) in [5.41, 5.74) is 1.13. The molecule has 1 rings (SSSR count). The van der Waals surface area contributed by atoms with Crippen LogP contribution in [0, 0.1) is 18.8 Å². The topological polar surface area (TPSA) is 43.6 Å². The number of hydrogen-bond acceptors (Lipinski definition) is 4. The standard InChI is InChI=1S/C17H31NO3/c1-13(2)9-18-10-17-8-16(15(5)21-17)12-20-7-6-19-11-14(3)4/h8,13-14,18H,6-7,9-12H2,1-5H3. The van der Waals surface area contributed by atoms with Crippen LogP contribution in [0.1, 0.15) is 44.8 Å². The maximum atomic E-state index is 5.73. The highest BCUT2D eigenvalue weighted by Gasteiger charge is 2.07. The smallest absolute Gasteiger partial charge is 0.118 e. The lowest BCUT2D eigenvalue weighted by Gasteiger charge is -2.07. The molecule has 1 heterocycles. The van der Waals surface area contributed by atoms with Gasteiger partial charge >= 0.3 is 0 Å². The third-order valence-corrected chi connectivity index (χ3v) is 3.00. The summed E-state index contributed by atoms with van der Waals surface area (Å²) in [6, 6.07) is 2.08. The predicted octanol–water partition coefficient (Wildman–Crippen LogP) is 3.52. The van der Waals surface area contributed by atoms with Gasteiger partial charge in [-0.2, -0.15) is 0 Å². The zero-order valence-electron chi connectivity index (χ0n) is 14.2. The Hall–Kier alpha value is -0.840. The van der Waals surface area contributed by atoms with Crippen LogP contribution in [0.4, 0.5) is 0 Å². The fourth-order valence-electron chi connectivity index (χ4n) is 1.92. The van der Waals surface area contributed by atoms with Crippen molar-refractivity contribution in [3.05, 3.63) is 23.2 Å². The molecule has 4 heteroatoms. The van der Waals surface area contributed by atoms with Gasteiger partial charge < -0.3 is 19.2 Å². The van der Waals surface area contributed by atoms with Gasteiger partial charge in [0.2, 0.25) is 0 Å². The number of hydrogen-bond donors (Lipinski definition) is 1. The molecule has 122 valence electrons. The summed E-state index contributed by atoms with van der Waals surface area (Å²) in [4.78, 5) is 0. The molecule has 0 aromatic carbocycles. The Kier molecular flexibility index (Phi) is 8.66. The molecule has 4 nitrogen and oxygen atoms in total. The van der Waals surface area contributed by atoms with Gasteiger partial charge in [0.15, 0.2) is 0 Å². The van der Waals surface area contributed by atoms with Gasteiger partial charge in [0, 0.05) is 12.2 Å². The molecule has 0 aliphatic carbocycles. The molecule has 0 bridgehead atoms. The molecule has 1 aromatic heterocycles. The van der Waals surface area contributed by atoms with Crippen molar-refractivity contribution in [2.45, 2.75) is 47.8 Å². The van der Waals surface area contributed by atoms with Crippen molar-refractivity contribution in [1.29, 1.82) is 0 Å². The molecule has 0 fully saturated rings. The van der Waals surface area contributed by atoms with Gasteiger partial charge in [0.1, 0.15) is 11.5 Å². The van der Waals surface area contributed by atoms with Crippen LogP contribution in [0.5, 0.6) is 0 Å². The minimum Gasteiger partial charge on any atom is -0.465 e. The Morgan fingerprint density at radius 2 is 1.81 bits per heavy atom. The number of ether oxygens (including phenoxy) is 2. The van der Waals surface area contributed by atoms with Gasteiger partial charge in [0.05, 0.1) is 26.4 Å². The first-order chi connectivity index (χ1) is 9.99. The summed E-state index contributed by atoms with van der Waals surface area (Å²) in [5.74, 6) is 3.14. The molecule has 0 radical (unpaired) electrons.